The summed E-state index contributed by atoms with van der Waals surface area (Å²) in [5.74, 6) is -1.31. The zero-order valence-electron chi connectivity index (χ0n) is 7.02. The van der Waals surface area contributed by atoms with Crippen molar-refractivity contribution in [1.82, 2.24) is 0 Å². The van der Waals surface area contributed by atoms with Gasteiger partial charge in [-0.1, -0.05) is 0 Å². The lowest BCUT2D eigenvalue weighted by Gasteiger charge is -2.04. The number of hydrogen-bond acceptors (Lipinski definition) is 5. The van der Waals surface area contributed by atoms with E-state index >= 15 is 0 Å². The van der Waals surface area contributed by atoms with Gasteiger partial charge >= 0.3 is 5.97 Å². The number of furan rings is 1. The lowest BCUT2D eigenvalue weighted by molar-refractivity contribution is -0.140. The molecule has 5 heteroatoms. The monoisotopic (exact) mass is 183 g/mol. The number of ether oxygens (including phenoxy) is 1. The summed E-state index contributed by atoms with van der Waals surface area (Å²) in [4.78, 5) is 22.1. The standard InChI is InChI=1S/C8H9NO4/c1-12-8(11)6(9)7(10)5-3-2-4-13-5/h2-4,6H,9H2,1H3. The number of rotatable bonds is 3. The van der Waals surface area contributed by atoms with Gasteiger partial charge < -0.3 is 14.9 Å². The van der Waals surface area contributed by atoms with Crippen LogP contribution in [0.2, 0.25) is 0 Å². The topological polar surface area (TPSA) is 82.5 Å². The van der Waals surface area contributed by atoms with Crippen LogP contribution in [0.4, 0.5) is 0 Å². The van der Waals surface area contributed by atoms with Gasteiger partial charge in [-0.05, 0) is 12.1 Å². The molecule has 0 aromatic carbocycles. The Labute approximate surface area is 74.5 Å². The number of Topliss-reactive ketones (excluding diaryl/α,β-unsaturated/α-hetero) is 1. The van der Waals surface area contributed by atoms with E-state index in [1.165, 1.54) is 18.4 Å². The summed E-state index contributed by atoms with van der Waals surface area (Å²) in [6.45, 7) is 0. The third kappa shape index (κ3) is 1.94. The van der Waals surface area contributed by atoms with E-state index in [0.29, 0.717) is 0 Å². The van der Waals surface area contributed by atoms with Crippen molar-refractivity contribution in [3.63, 3.8) is 0 Å². The van der Waals surface area contributed by atoms with Crippen LogP contribution in [0.25, 0.3) is 0 Å². The van der Waals surface area contributed by atoms with Gasteiger partial charge in [0.1, 0.15) is 0 Å². The van der Waals surface area contributed by atoms with Crippen molar-refractivity contribution in [3.05, 3.63) is 24.2 Å². The van der Waals surface area contributed by atoms with Crippen LogP contribution in [0.1, 0.15) is 10.6 Å². The van der Waals surface area contributed by atoms with Crippen molar-refractivity contribution in [3.8, 4) is 0 Å². The molecule has 1 aromatic heterocycles. The van der Waals surface area contributed by atoms with Gasteiger partial charge in [0, 0.05) is 0 Å². The molecule has 0 aliphatic rings. The minimum absolute atomic E-state index is 0.0536. The van der Waals surface area contributed by atoms with Crippen LogP contribution in [-0.4, -0.2) is 24.9 Å². The summed E-state index contributed by atoms with van der Waals surface area (Å²) in [6.07, 6.45) is 1.33. The maximum atomic E-state index is 11.3. The summed E-state index contributed by atoms with van der Waals surface area (Å²) in [7, 11) is 1.16. The van der Waals surface area contributed by atoms with Crippen LogP contribution in [0.3, 0.4) is 0 Å². The Morgan fingerprint density at radius 1 is 1.62 bits per heavy atom. The Bertz CT molecular complexity index is 304. The Morgan fingerprint density at radius 3 is 2.77 bits per heavy atom. The molecule has 0 amide bonds. The number of nitrogens with two attached hydrogens (primary N) is 1. The van der Waals surface area contributed by atoms with Gasteiger partial charge in [0.2, 0.25) is 5.78 Å². The lowest BCUT2D eigenvalue weighted by Crippen LogP contribution is -2.39. The van der Waals surface area contributed by atoms with Gasteiger partial charge in [-0.25, -0.2) is 4.79 Å². The molecule has 1 aromatic rings. The second-order valence-electron chi connectivity index (χ2n) is 2.34. The summed E-state index contributed by atoms with van der Waals surface area (Å²) in [5, 5.41) is 0. The van der Waals surface area contributed by atoms with Crippen molar-refractivity contribution >= 4 is 11.8 Å². The molecule has 0 bridgehead atoms. The van der Waals surface area contributed by atoms with Gasteiger partial charge in [0.05, 0.1) is 13.4 Å². The Balaban J connectivity index is 2.74. The van der Waals surface area contributed by atoms with Crippen molar-refractivity contribution < 1.29 is 18.7 Å². The van der Waals surface area contributed by atoms with E-state index in [4.69, 9.17) is 10.2 Å². The maximum absolute atomic E-state index is 11.3. The van der Waals surface area contributed by atoms with E-state index in [1.807, 2.05) is 0 Å². The molecule has 0 radical (unpaired) electrons. The van der Waals surface area contributed by atoms with E-state index in [1.54, 1.807) is 0 Å². The Kier molecular flexibility index (Phi) is 2.81. The largest absolute Gasteiger partial charge is 0.468 e. The number of carbonyl (C=O) groups excluding carboxylic acids is 2. The van der Waals surface area contributed by atoms with E-state index in [-0.39, 0.29) is 5.76 Å². The molecule has 2 N–H and O–H groups in total. The number of hydrogen-bond donors (Lipinski definition) is 1. The molecule has 0 saturated carbocycles. The SMILES string of the molecule is COC(=O)C(N)C(=O)c1ccco1. The molecular weight excluding hydrogens is 174 g/mol. The molecule has 0 fully saturated rings. The number of methoxy groups -OCH3 is 1. The molecule has 0 saturated heterocycles. The first kappa shape index (κ1) is 9.47. The molecule has 5 nitrogen and oxygen atoms in total. The summed E-state index contributed by atoms with van der Waals surface area (Å²) < 4.78 is 9.08. The normalized spacial score (nSPS) is 12.2. The number of esters is 1. The summed E-state index contributed by atoms with van der Waals surface area (Å²) in [5.41, 5.74) is 5.28. The van der Waals surface area contributed by atoms with Gasteiger partial charge in [0.15, 0.2) is 11.8 Å². The quantitative estimate of drug-likeness (QED) is 0.404. The highest BCUT2D eigenvalue weighted by Gasteiger charge is 2.25. The van der Waals surface area contributed by atoms with Gasteiger partial charge in [-0.2, -0.15) is 0 Å². The molecule has 0 aliphatic carbocycles. The summed E-state index contributed by atoms with van der Waals surface area (Å²) in [6, 6.07) is 1.67. The highest BCUT2D eigenvalue weighted by Crippen LogP contribution is 2.03. The predicted molar refractivity (Wildman–Crippen MR) is 43.0 cm³/mol. The van der Waals surface area contributed by atoms with Crippen molar-refractivity contribution in [2.75, 3.05) is 7.11 Å². The van der Waals surface area contributed by atoms with Crippen LogP contribution in [0.15, 0.2) is 22.8 Å². The van der Waals surface area contributed by atoms with Gasteiger partial charge in [-0.3, -0.25) is 4.79 Å². The fourth-order valence-corrected chi connectivity index (χ4v) is 0.806. The summed E-state index contributed by atoms with van der Waals surface area (Å²) >= 11 is 0. The third-order valence-electron chi connectivity index (χ3n) is 1.50. The fraction of sp³-hybridized carbons (Fsp3) is 0.250. The van der Waals surface area contributed by atoms with Crippen LogP contribution >= 0.6 is 0 Å². The zero-order chi connectivity index (χ0) is 9.84. The average Bonchev–Trinajstić information content (AvgIpc) is 2.67. The highest BCUT2D eigenvalue weighted by molar-refractivity contribution is 6.10. The minimum atomic E-state index is -1.31. The Hall–Kier alpha value is -1.62. The van der Waals surface area contributed by atoms with Crippen LogP contribution in [-0.2, 0) is 9.53 Å². The average molecular weight is 183 g/mol. The minimum Gasteiger partial charge on any atom is -0.468 e. The van der Waals surface area contributed by atoms with E-state index in [2.05, 4.69) is 4.74 Å². The Morgan fingerprint density at radius 2 is 2.31 bits per heavy atom. The second-order valence-corrected chi connectivity index (χ2v) is 2.34. The van der Waals surface area contributed by atoms with Crippen LogP contribution < -0.4 is 5.73 Å². The maximum Gasteiger partial charge on any atom is 0.330 e. The second kappa shape index (κ2) is 3.86. The molecule has 1 atom stereocenters. The first-order valence-electron chi connectivity index (χ1n) is 3.58. The smallest absolute Gasteiger partial charge is 0.330 e. The van der Waals surface area contributed by atoms with E-state index < -0.39 is 17.8 Å². The lowest BCUT2D eigenvalue weighted by atomic mass is 10.1. The number of ketones is 1. The van der Waals surface area contributed by atoms with Crippen LogP contribution in [0.5, 0.6) is 0 Å². The molecule has 1 unspecified atom stereocenters. The first-order valence-corrected chi connectivity index (χ1v) is 3.58. The third-order valence-corrected chi connectivity index (χ3v) is 1.50. The predicted octanol–water partition coefficient (Wildman–Crippen LogP) is -0.0374. The highest BCUT2D eigenvalue weighted by atomic mass is 16.5. The van der Waals surface area contributed by atoms with Crippen molar-refractivity contribution in [2.45, 2.75) is 6.04 Å². The molecular formula is C8H9NO4. The molecule has 70 valence electrons. The fourth-order valence-electron chi connectivity index (χ4n) is 0.806. The molecule has 1 rings (SSSR count). The molecule has 13 heavy (non-hydrogen) atoms. The van der Waals surface area contributed by atoms with Gasteiger partial charge in [-0.15, -0.1) is 0 Å². The number of carbonyl (C=O) groups is 2. The van der Waals surface area contributed by atoms with E-state index in [0.717, 1.165) is 7.11 Å². The first-order chi connectivity index (χ1) is 6.16. The van der Waals surface area contributed by atoms with E-state index in [9.17, 15) is 9.59 Å². The molecule has 0 spiro atoms. The van der Waals surface area contributed by atoms with Crippen molar-refractivity contribution in [1.29, 1.82) is 0 Å². The van der Waals surface area contributed by atoms with Gasteiger partial charge in [0.25, 0.3) is 0 Å². The van der Waals surface area contributed by atoms with Crippen LogP contribution in [0, 0.1) is 0 Å². The van der Waals surface area contributed by atoms with Crippen molar-refractivity contribution in [2.24, 2.45) is 5.73 Å². The zero-order valence-corrected chi connectivity index (χ0v) is 7.02. The molecule has 1 heterocycles. The molecule has 0 aliphatic heterocycles.